The first-order chi connectivity index (χ1) is 14.2. The standard InChI is InChI=1S/C21H26F2N2O5/c1-4-30-18(26)12-17(24-13(2)15-11-14(22)7-8-16(15)23)25-19(27)21(20(28)29-3)9-5-6-10-21/h7-8,11-13,24H,4-6,9-10H2,1-3H3,(H,25,27)/t13-/m0/s1. The minimum atomic E-state index is -1.36. The van der Waals surface area contributed by atoms with Crippen molar-refractivity contribution in [3.63, 3.8) is 0 Å². The number of amides is 1. The summed E-state index contributed by atoms with van der Waals surface area (Å²) in [5, 5.41) is 5.32. The molecule has 0 heterocycles. The van der Waals surface area contributed by atoms with Crippen LogP contribution in [0.2, 0.25) is 0 Å². The fourth-order valence-electron chi connectivity index (χ4n) is 3.51. The van der Waals surface area contributed by atoms with E-state index in [2.05, 4.69) is 10.6 Å². The molecule has 1 aromatic carbocycles. The summed E-state index contributed by atoms with van der Waals surface area (Å²) in [6, 6.07) is 2.19. The number of ether oxygens (including phenoxy) is 2. The molecule has 164 valence electrons. The summed E-state index contributed by atoms with van der Waals surface area (Å²) in [5.41, 5.74) is -1.36. The number of hydrogen-bond acceptors (Lipinski definition) is 6. The molecule has 0 aliphatic heterocycles. The number of halogens is 2. The van der Waals surface area contributed by atoms with Crippen LogP contribution in [0.3, 0.4) is 0 Å². The number of carbonyl (C=O) groups is 3. The normalized spacial score (nSPS) is 16.5. The molecule has 1 atom stereocenters. The van der Waals surface area contributed by atoms with Crippen LogP contribution in [0.1, 0.15) is 51.1 Å². The van der Waals surface area contributed by atoms with Crippen LogP contribution in [-0.2, 0) is 23.9 Å². The van der Waals surface area contributed by atoms with Gasteiger partial charge in [0, 0.05) is 5.56 Å². The number of benzene rings is 1. The molecule has 9 heteroatoms. The Balaban J connectivity index is 2.29. The molecule has 0 saturated heterocycles. The van der Waals surface area contributed by atoms with Gasteiger partial charge in [0.2, 0.25) is 5.91 Å². The van der Waals surface area contributed by atoms with Gasteiger partial charge in [0.15, 0.2) is 0 Å². The SMILES string of the molecule is CCOC(=O)C=C(NC(=O)C1(C(=O)OC)CCCC1)N[C@@H](C)c1cc(F)ccc1F. The maximum atomic E-state index is 14.1. The third-order valence-electron chi connectivity index (χ3n) is 5.06. The van der Waals surface area contributed by atoms with Gasteiger partial charge in [-0.25, -0.2) is 13.6 Å². The van der Waals surface area contributed by atoms with Gasteiger partial charge in [0.25, 0.3) is 0 Å². The fraction of sp³-hybridized carbons (Fsp3) is 0.476. The second-order valence-electron chi connectivity index (χ2n) is 7.08. The third-order valence-corrected chi connectivity index (χ3v) is 5.06. The lowest BCUT2D eigenvalue weighted by Crippen LogP contribution is -2.47. The zero-order chi connectivity index (χ0) is 22.3. The monoisotopic (exact) mass is 424 g/mol. The van der Waals surface area contributed by atoms with E-state index in [9.17, 15) is 23.2 Å². The second-order valence-corrected chi connectivity index (χ2v) is 7.08. The summed E-state index contributed by atoms with van der Waals surface area (Å²) in [6.45, 7) is 3.26. The molecule has 2 N–H and O–H groups in total. The molecule has 30 heavy (non-hydrogen) atoms. The second kappa shape index (κ2) is 10.2. The van der Waals surface area contributed by atoms with Gasteiger partial charge >= 0.3 is 11.9 Å². The smallest absolute Gasteiger partial charge is 0.334 e. The van der Waals surface area contributed by atoms with Crippen LogP contribution in [0.4, 0.5) is 8.78 Å². The minimum Gasteiger partial charge on any atom is -0.468 e. The highest BCUT2D eigenvalue weighted by Gasteiger charge is 2.49. The molecule has 1 aromatic rings. The van der Waals surface area contributed by atoms with Crippen LogP contribution in [-0.4, -0.2) is 31.6 Å². The number of esters is 2. The molecule has 1 fully saturated rings. The van der Waals surface area contributed by atoms with E-state index in [1.165, 1.54) is 14.0 Å². The number of rotatable bonds is 8. The van der Waals surface area contributed by atoms with E-state index >= 15 is 0 Å². The average molecular weight is 424 g/mol. The van der Waals surface area contributed by atoms with Crippen LogP contribution >= 0.6 is 0 Å². The number of hydrogen-bond donors (Lipinski definition) is 2. The molecule has 1 aliphatic rings. The summed E-state index contributed by atoms with van der Waals surface area (Å²) >= 11 is 0. The van der Waals surface area contributed by atoms with Crippen molar-refractivity contribution >= 4 is 17.8 Å². The third kappa shape index (κ3) is 5.34. The maximum Gasteiger partial charge on any atom is 0.334 e. The number of methoxy groups -OCH3 is 1. The first kappa shape index (κ1) is 23.3. The van der Waals surface area contributed by atoms with Gasteiger partial charge in [-0.2, -0.15) is 0 Å². The molecule has 1 amide bonds. The Morgan fingerprint density at radius 2 is 1.90 bits per heavy atom. The van der Waals surface area contributed by atoms with Gasteiger partial charge in [-0.1, -0.05) is 12.8 Å². The summed E-state index contributed by atoms with van der Waals surface area (Å²) in [6.07, 6.45) is 2.98. The zero-order valence-corrected chi connectivity index (χ0v) is 17.2. The molecule has 0 spiro atoms. The Labute approximate surface area is 173 Å². The minimum absolute atomic E-state index is 0.00237. The van der Waals surface area contributed by atoms with Crippen molar-refractivity contribution in [2.45, 2.75) is 45.6 Å². The molecule has 0 bridgehead atoms. The van der Waals surface area contributed by atoms with Gasteiger partial charge < -0.3 is 20.1 Å². The zero-order valence-electron chi connectivity index (χ0n) is 17.2. The Morgan fingerprint density at radius 3 is 2.50 bits per heavy atom. The average Bonchev–Trinajstić information content (AvgIpc) is 3.20. The van der Waals surface area contributed by atoms with E-state index in [0.717, 1.165) is 24.3 Å². The van der Waals surface area contributed by atoms with Crippen molar-refractivity contribution in [1.29, 1.82) is 0 Å². The first-order valence-corrected chi connectivity index (χ1v) is 9.73. The lowest BCUT2D eigenvalue weighted by molar-refractivity contribution is -0.158. The summed E-state index contributed by atoms with van der Waals surface area (Å²) in [5.74, 6) is -3.41. The summed E-state index contributed by atoms with van der Waals surface area (Å²) in [7, 11) is 1.21. The molecule has 1 saturated carbocycles. The van der Waals surface area contributed by atoms with E-state index in [1.54, 1.807) is 6.92 Å². The van der Waals surface area contributed by atoms with Crippen molar-refractivity contribution in [2.75, 3.05) is 13.7 Å². The highest BCUT2D eigenvalue weighted by molar-refractivity contribution is 6.03. The van der Waals surface area contributed by atoms with E-state index in [0.29, 0.717) is 25.7 Å². The van der Waals surface area contributed by atoms with Gasteiger partial charge in [0.05, 0.1) is 25.8 Å². The molecule has 7 nitrogen and oxygen atoms in total. The molecular weight excluding hydrogens is 398 g/mol. The van der Waals surface area contributed by atoms with Crippen LogP contribution in [0.15, 0.2) is 30.1 Å². The summed E-state index contributed by atoms with van der Waals surface area (Å²) < 4.78 is 37.3. The van der Waals surface area contributed by atoms with Gasteiger partial charge in [-0.3, -0.25) is 9.59 Å². The van der Waals surface area contributed by atoms with Crippen LogP contribution in [0, 0.1) is 17.0 Å². The van der Waals surface area contributed by atoms with E-state index in [-0.39, 0.29) is 18.0 Å². The number of carbonyl (C=O) groups excluding carboxylic acids is 3. The van der Waals surface area contributed by atoms with Crippen molar-refractivity contribution in [3.05, 3.63) is 47.3 Å². The fourth-order valence-corrected chi connectivity index (χ4v) is 3.51. The molecule has 2 rings (SSSR count). The van der Waals surface area contributed by atoms with Gasteiger partial charge in [0.1, 0.15) is 22.9 Å². The van der Waals surface area contributed by atoms with Gasteiger partial charge in [-0.05, 0) is 44.9 Å². The molecule has 0 unspecified atom stereocenters. The van der Waals surface area contributed by atoms with Crippen LogP contribution < -0.4 is 10.6 Å². The highest BCUT2D eigenvalue weighted by atomic mass is 19.1. The Hall–Kier alpha value is -2.97. The number of nitrogens with one attached hydrogen (secondary N) is 2. The van der Waals surface area contributed by atoms with Gasteiger partial charge in [-0.15, -0.1) is 0 Å². The topological polar surface area (TPSA) is 93.7 Å². The predicted octanol–water partition coefficient (Wildman–Crippen LogP) is 2.87. The molecular formula is C21H26F2N2O5. The van der Waals surface area contributed by atoms with Crippen molar-refractivity contribution in [2.24, 2.45) is 5.41 Å². The van der Waals surface area contributed by atoms with Crippen LogP contribution in [0.25, 0.3) is 0 Å². The Kier molecular flexibility index (Phi) is 7.91. The Bertz CT molecular complexity index is 835. The lowest BCUT2D eigenvalue weighted by Gasteiger charge is -2.26. The largest absolute Gasteiger partial charge is 0.468 e. The highest BCUT2D eigenvalue weighted by Crippen LogP contribution is 2.39. The lowest BCUT2D eigenvalue weighted by atomic mass is 9.85. The van der Waals surface area contributed by atoms with Crippen molar-refractivity contribution < 1.29 is 32.6 Å². The molecule has 1 aliphatic carbocycles. The quantitative estimate of drug-likeness (QED) is 0.379. The maximum absolute atomic E-state index is 14.1. The van der Waals surface area contributed by atoms with E-state index in [4.69, 9.17) is 9.47 Å². The predicted molar refractivity (Wildman–Crippen MR) is 104 cm³/mol. The van der Waals surface area contributed by atoms with Crippen LogP contribution in [0.5, 0.6) is 0 Å². The van der Waals surface area contributed by atoms with E-state index in [1.807, 2.05) is 0 Å². The van der Waals surface area contributed by atoms with Crippen molar-refractivity contribution in [3.8, 4) is 0 Å². The first-order valence-electron chi connectivity index (χ1n) is 9.73. The Morgan fingerprint density at radius 1 is 1.23 bits per heavy atom. The summed E-state index contributed by atoms with van der Waals surface area (Å²) in [4.78, 5) is 37.2. The molecule has 0 aromatic heterocycles. The van der Waals surface area contributed by atoms with Crippen molar-refractivity contribution in [1.82, 2.24) is 10.6 Å². The molecule has 0 radical (unpaired) electrons. The van der Waals surface area contributed by atoms with E-state index < -0.39 is 40.9 Å².